The number of pyridine rings is 1. The van der Waals surface area contributed by atoms with Gasteiger partial charge in [-0.05, 0) is 61.0 Å². The summed E-state index contributed by atoms with van der Waals surface area (Å²) in [5.41, 5.74) is 3.85. The molecular formula is C19H20N4O2S. The molecule has 2 aromatic heterocycles. The molecule has 2 N–H and O–H groups in total. The first-order chi connectivity index (χ1) is 12.4. The van der Waals surface area contributed by atoms with E-state index in [1.54, 1.807) is 6.20 Å². The molecule has 1 aromatic carbocycles. The van der Waals surface area contributed by atoms with E-state index in [0.717, 1.165) is 16.8 Å². The molecular weight excluding hydrogens is 348 g/mol. The Bertz CT molecular complexity index is 932. The minimum Gasteiger partial charge on any atom is -0.434 e. The molecule has 1 amide bonds. The third kappa shape index (κ3) is 4.23. The topological polar surface area (TPSA) is 80.1 Å². The number of fused-ring (bicyclic) bond motifs is 1. The van der Waals surface area contributed by atoms with Crippen LogP contribution in [0.1, 0.15) is 25.8 Å². The monoisotopic (exact) mass is 368 g/mol. The van der Waals surface area contributed by atoms with Crippen LogP contribution in [0.15, 0.2) is 40.9 Å². The van der Waals surface area contributed by atoms with E-state index >= 15 is 0 Å². The van der Waals surface area contributed by atoms with E-state index in [-0.39, 0.29) is 16.9 Å². The van der Waals surface area contributed by atoms with Gasteiger partial charge in [0.05, 0.1) is 0 Å². The number of oxazole rings is 1. The lowest BCUT2D eigenvalue weighted by Crippen LogP contribution is -2.34. The number of hydrogen-bond acceptors (Lipinski definition) is 5. The molecule has 0 atom stereocenters. The van der Waals surface area contributed by atoms with E-state index in [1.165, 1.54) is 0 Å². The van der Waals surface area contributed by atoms with Crippen LogP contribution in [0, 0.1) is 12.8 Å². The minimum absolute atomic E-state index is 0.0919. The first-order valence-electron chi connectivity index (χ1n) is 8.36. The number of anilines is 1. The fraction of sp³-hybridized carbons (Fsp3) is 0.263. The summed E-state index contributed by atoms with van der Waals surface area (Å²) < 4.78 is 5.74. The fourth-order valence-electron chi connectivity index (χ4n) is 2.53. The molecule has 0 bridgehead atoms. The lowest BCUT2D eigenvalue weighted by molar-refractivity contribution is -0.120. The summed E-state index contributed by atoms with van der Waals surface area (Å²) in [5, 5.41) is 6.04. The third-order valence-corrected chi connectivity index (χ3v) is 3.94. The number of benzene rings is 1. The number of hydrogen-bond donors (Lipinski definition) is 2. The number of carbonyl (C=O) groups excluding carboxylic acids is 1. The average molecular weight is 368 g/mol. The number of nitrogens with one attached hydrogen (secondary N) is 2. The van der Waals surface area contributed by atoms with Gasteiger partial charge in [-0.3, -0.25) is 4.79 Å². The van der Waals surface area contributed by atoms with Crippen LogP contribution in [0.25, 0.3) is 22.7 Å². The van der Waals surface area contributed by atoms with Gasteiger partial charge in [0.1, 0.15) is 0 Å². The third-order valence-electron chi connectivity index (χ3n) is 3.73. The van der Waals surface area contributed by atoms with E-state index in [0.29, 0.717) is 23.5 Å². The Kier molecular flexibility index (Phi) is 5.27. The van der Waals surface area contributed by atoms with Crippen LogP contribution in [-0.4, -0.2) is 21.0 Å². The quantitative estimate of drug-likeness (QED) is 0.676. The molecule has 0 radical (unpaired) electrons. The number of aromatic nitrogens is 2. The summed E-state index contributed by atoms with van der Waals surface area (Å²) in [6.45, 7) is 5.92. The van der Waals surface area contributed by atoms with Crippen molar-refractivity contribution < 1.29 is 9.21 Å². The summed E-state index contributed by atoms with van der Waals surface area (Å²) in [5.74, 6) is 0.705. The SMILES string of the molecule is Cc1cc(-c2nc3ncccc3o2)ccc1NC(=S)NC(=O)CC(C)C. The van der Waals surface area contributed by atoms with Gasteiger partial charge in [0, 0.05) is 23.9 Å². The first kappa shape index (κ1) is 18.0. The molecule has 3 rings (SSSR count). The van der Waals surface area contributed by atoms with E-state index in [1.807, 2.05) is 51.1 Å². The van der Waals surface area contributed by atoms with Crippen molar-refractivity contribution in [3.63, 3.8) is 0 Å². The van der Waals surface area contributed by atoms with Crippen molar-refractivity contribution in [2.24, 2.45) is 5.92 Å². The molecule has 2 heterocycles. The molecule has 134 valence electrons. The maximum atomic E-state index is 11.8. The summed E-state index contributed by atoms with van der Waals surface area (Å²) in [6.07, 6.45) is 2.12. The summed E-state index contributed by atoms with van der Waals surface area (Å²) in [7, 11) is 0. The van der Waals surface area contributed by atoms with Crippen LogP contribution in [0.5, 0.6) is 0 Å². The highest BCUT2D eigenvalue weighted by atomic mass is 32.1. The number of nitrogens with zero attached hydrogens (tertiary/aromatic N) is 2. The summed E-state index contributed by atoms with van der Waals surface area (Å²) in [4.78, 5) is 20.4. The Morgan fingerprint density at radius 3 is 2.81 bits per heavy atom. The molecule has 0 fully saturated rings. The van der Waals surface area contributed by atoms with Crippen LogP contribution < -0.4 is 10.6 Å². The Morgan fingerprint density at radius 2 is 2.12 bits per heavy atom. The second-order valence-electron chi connectivity index (χ2n) is 6.47. The number of thiocarbonyl (C=S) groups is 1. The van der Waals surface area contributed by atoms with Crippen molar-refractivity contribution in [1.82, 2.24) is 15.3 Å². The van der Waals surface area contributed by atoms with Gasteiger partial charge < -0.3 is 15.1 Å². The maximum Gasteiger partial charge on any atom is 0.228 e. The molecule has 0 aliphatic rings. The number of amides is 1. The molecule has 0 saturated carbocycles. The zero-order valence-corrected chi connectivity index (χ0v) is 15.7. The largest absolute Gasteiger partial charge is 0.434 e. The van der Waals surface area contributed by atoms with Crippen LogP contribution in [0.2, 0.25) is 0 Å². The van der Waals surface area contributed by atoms with Crippen molar-refractivity contribution in [2.45, 2.75) is 27.2 Å². The minimum atomic E-state index is -0.0919. The molecule has 6 nitrogen and oxygen atoms in total. The first-order valence-corrected chi connectivity index (χ1v) is 8.76. The highest BCUT2D eigenvalue weighted by molar-refractivity contribution is 7.80. The van der Waals surface area contributed by atoms with Gasteiger partial charge in [-0.1, -0.05) is 13.8 Å². The van der Waals surface area contributed by atoms with Crippen molar-refractivity contribution >= 4 is 40.2 Å². The van der Waals surface area contributed by atoms with Gasteiger partial charge >= 0.3 is 0 Å². The normalized spacial score (nSPS) is 10.9. The van der Waals surface area contributed by atoms with Gasteiger partial charge in [-0.2, -0.15) is 4.98 Å². The molecule has 7 heteroatoms. The molecule has 0 saturated heterocycles. The summed E-state index contributed by atoms with van der Waals surface area (Å²) in [6, 6.07) is 9.36. The highest BCUT2D eigenvalue weighted by Crippen LogP contribution is 2.26. The van der Waals surface area contributed by atoms with Crippen LogP contribution in [0.3, 0.4) is 0 Å². The van der Waals surface area contributed by atoms with E-state index in [4.69, 9.17) is 16.6 Å². The number of carbonyl (C=O) groups is 1. The molecule has 0 unspecified atom stereocenters. The van der Waals surface area contributed by atoms with Crippen molar-refractivity contribution in [3.05, 3.63) is 42.1 Å². The second kappa shape index (κ2) is 7.61. The van der Waals surface area contributed by atoms with Crippen LogP contribution in [-0.2, 0) is 4.79 Å². The van der Waals surface area contributed by atoms with E-state index < -0.39 is 0 Å². The molecule has 26 heavy (non-hydrogen) atoms. The Morgan fingerprint density at radius 1 is 1.31 bits per heavy atom. The lowest BCUT2D eigenvalue weighted by atomic mass is 10.1. The Balaban J connectivity index is 1.73. The predicted octanol–water partition coefficient (Wildman–Crippen LogP) is 4.06. The van der Waals surface area contributed by atoms with E-state index in [2.05, 4.69) is 20.6 Å². The van der Waals surface area contributed by atoms with Crippen molar-refractivity contribution in [3.8, 4) is 11.5 Å². The zero-order valence-electron chi connectivity index (χ0n) is 14.9. The molecule has 3 aromatic rings. The highest BCUT2D eigenvalue weighted by Gasteiger charge is 2.12. The predicted molar refractivity (Wildman–Crippen MR) is 106 cm³/mol. The van der Waals surface area contributed by atoms with Gasteiger partial charge in [-0.15, -0.1) is 0 Å². The number of rotatable bonds is 4. The lowest BCUT2D eigenvalue weighted by Gasteiger charge is -2.13. The van der Waals surface area contributed by atoms with Gasteiger partial charge in [0.15, 0.2) is 16.3 Å². The maximum absolute atomic E-state index is 11.8. The second-order valence-corrected chi connectivity index (χ2v) is 6.88. The smallest absolute Gasteiger partial charge is 0.228 e. The Labute approximate surface area is 157 Å². The van der Waals surface area contributed by atoms with Crippen LogP contribution >= 0.6 is 12.2 Å². The fourth-order valence-corrected chi connectivity index (χ4v) is 2.76. The van der Waals surface area contributed by atoms with Gasteiger partial charge in [0.25, 0.3) is 0 Å². The van der Waals surface area contributed by atoms with E-state index in [9.17, 15) is 4.79 Å². The van der Waals surface area contributed by atoms with Crippen molar-refractivity contribution in [2.75, 3.05) is 5.32 Å². The zero-order chi connectivity index (χ0) is 18.7. The average Bonchev–Trinajstić information content (AvgIpc) is 2.99. The van der Waals surface area contributed by atoms with Crippen molar-refractivity contribution in [1.29, 1.82) is 0 Å². The summed E-state index contributed by atoms with van der Waals surface area (Å²) >= 11 is 5.21. The molecule has 0 aliphatic heterocycles. The van der Waals surface area contributed by atoms with Crippen LogP contribution in [0.4, 0.5) is 5.69 Å². The standard InChI is InChI=1S/C19H20N4O2S/c1-11(2)9-16(24)22-19(26)21-14-7-6-13(10-12(14)3)18-23-17-15(25-18)5-4-8-20-17/h4-8,10-11H,9H2,1-3H3,(H2,21,22,24,26). The molecule has 0 aliphatic carbocycles. The molecule has 0 spiro atoms. The number of aryl methyl sites for hydroxylation is 1. The Hall–Kier alpha value is -2.80. The van der Waals surface area contributed by atoms with Gasteiger partial charge in [0.2, 0.25) is 11.8 Å². The van der Waals surface area contributed by atoms with Gasteiger partial charge in [-0.25, -0.2) is 4.98 Å².